The number of thiocarbonyl (C=S) groups is 1. The molecule has 0 aliphatic carbocycles. The van der Waals surface area contributed by atoms with E-state index in [4.69, 9.17) is 23.8 Å². The number of nitrogens with one attached hydrogen (secondary N) is 2. The summed E-state index contributed by atoms with van der Waals surface area (Å²) in [7, 11) is 0. The second-order valence-corrected chi connectivity index (χ2v) is 5.61. The molecule has 0 aromatic heterocycles. The first-order valence-corrected chi connectivity index (χ1v) is 7.62. The van der Waals surface area contributed by atoms with Crippen molar-refractivity contribution in [2.24, 2.45) is 0 Å². The van der Waals surface area contributed by atoms with E-state index < -0.39 is 0 Å². The Morgan fingerprint density at radius 2 is 1.71 bits per heavy atom. The monoisotopic (exact) mass is 314 g/mol. The zero-order valence-corrected chi connectivity index (χ0v) is 12.9. The van der Waals surface area contributed by atoms with Crippen LogP contribution in [0.4, 0.5) is 0 Å². The zero-order chi connectivity index (χ0) is 14.7. The van der Waals surface area contributed by atoms with Crippen LogP contribution in [0.25, 0.3) is 5.70 Å². The summed E-state index contributed by atoms with van der Waals surface area (Å²) in [6.07, 6.45) is 2.13. The molecule has 2 aromatic rings. The molecule has 1 aliphatic heterocycles. The molecule has 0 radical (unpaired) electrons. The van der Waals surface area contributed by atoms with Crippen LogP contribution < -0.4 is 10.6 Å². The van der Waals surface area contributed by atoms with Crippen molar-refractivity contribution in [1.82, 2.24) is 10.6 Å². The van der Waals surface area contributed by atoms with Crippen molar-refractivity contribution >= 4 is 34.9 Å². The van der Waals surface area contributed by atoms with Gasteiger partial charge in [0.05, 0.1) is 6.04 Å². The summed E-state index contributed by atoms with van der Waals surface area (Å²) in [4.78, 5) is 0. The van der Waals surface area contributed by atoms with E-state index in [9.17, 15) is 0 Å². The van der Waals surface area contributed by atoms with Gasteiger partial charge in [0.25, 0.3) is 0 Å². The molecule has 1 aliphatic rings. The summed E-state index contributed by atoms with van der Waals surface area (Å²) in [6.45, 7) is 0. The molecule has 4 heteroatoms. The van der Waals surface area contributed by atoms with Gasteiger partial charge in [-0.25, -0.2) is 0 Å². The van der Waals surface area contributed by atoms with Gasteiger partial charge in [-0.1, -0.05) is 66.3 Å². The topological polar surface area (TPSA) is 24.1 Å². The standard InChI is InChI=1S/C17H15ClN2S/c18-14-8-6-13(7-9-14)16-10-15(19-17(11-21)20-16)12-4-2-1-3-5-12/h1-11,16-17,19-20H. The Bertz CT molecular complexity index is 652. The van der Waals surface area contributed by atoms with Crippen LogP contribution in [0.1, 0.15) is 17.2 Å². The van der Waals surface area contributed by atoms with Crippen molar-refractivity contribution in [3.8, 4) is 0 Å². The molecular weight excluding hydrogens is 300 g/mol. The average molecular weight is 315 g/mol. The minimum absolute atomic E-state index is 0.0408. The Hall–Kier alpha value is -1.68. The van der Waals surface area contributed by atoms with Gasteiger partial charge in [0.15, 0.2) is 0 Å². The quantitative estimate of drug-likeness (QED) is 0.839. The molecule has 3 rings (SSSR count). The van der Waals surface area contributed by atoms with Gasteiger partial charge in [-0.3, -0.25) is 5.32 Å². The Morgan fingerprint density at radius 3 is 2.38 bits per heavy atom. The van der Waals surface area contributed by atoms with E-state index in [1.807, 2.05) is 42.5 Å². The van der Waals surface area contributed by atoms with Gasteiger partial charge in [-0.2, -0.15) is 0 Å². The molecule has 1 heterocycles. The molecule has 0 amide bonds. The molecule has 2 unspecified atom stereocenters. The minimum atomic E-state index is -0.0408. The maximum Gasteiger partial charge on any atom is 0.107 e. The normalized spacial score (nSPS) is 21.3. The predicted octanol–water partition coefficient (Wildman–Crippen LogP) is 3.94. The van der Waals surface area contributed by atoms with E-state index in [1.165, 1.54) is 0 Å². The highest BCUT2D eigenvalue weighted by molar-refractivity contribution is 7.79. The third kappa shape index (κ3) is 3.32. The lowest BCUT2D eigenvalue weighted by molar-refractivity contribution is 0.523. The Kier molecular flexibility index (Phi) is 4.34. The van der Waals surface area contributed by atoms with Crippen molar-refractivity contribution in [2.45, 2.75) is 12.2 Å². The molecular formula is C17H15ClN2S. The van der Waals surface area contributed by atoms with Crippen molar-refractivity contribution < 1.29 is 0 Å². The first-order valence-electron chi connectivity index (χ1n) is 6.77. The SMILES string of the molecule is S=CC1NC(c2ccccc2)=CC(c2ccc(Cl)cc2)N1. The summed E-state index contributed by atoms with van der Waals surface area (Å²) >= 11 is 11.1. The highest BCUT2D eigenvalue weighted by Crippen LogP contribution is 2.25. The molecule has 0 saturated carbocycles. The van der Waals surface area contributed by atoms with Gasteiger partial charge in [0.2, 0.25) is 0 Å². The van der Waals surface area contributed by atoms with Crippen LogP contribution in [-0.4, -0.2) is 11.5 Å². The van der Waals surface area contributed by atoms with Crippen LogP contribution in [0.15, 0.2) is 60.7 Å². The van der Waals surface area contributed by atoms with Crippen LogP contribution >= 0.6 is 23.8 Å². The van der Waals surface area contributed by atoms with Crippen molar-refractivity contribution in [1.29, 1.82) is 0 Å². The number of rotatable bonds is 3. The minimum Gasteiger partial charge on any atom is -0.366 e. The second-order valence-electron chi connectivity index (χ2n) is 4.90. The molecule has 0 fully saturated rings. The smallest absolute Gasteiger partial charge is 0.107 e. The fraction of sp³-hybridized carbons (Fsp3) is 0.118. The molecule has 0 bridgehead atoms. The van der Waals surface area contributed by atoms with Gasteiger partial charge in [0, 0.05) is 16.1 Å². The molecule has 2 aromatic carbocycles. The van der Waals surface area contributed by atoms with Crippen LogP contribution in [0.2, 0.25) is 5.02 Å². The summed E-state index contributed by atoms with van der Waals surface area (Å²) < 4.78 is 0. The summed E-state index contributed by atoms with van der Waals surface area (Å²) in [6, 6.07) is 18.2. The van der Waals surface area contributed by atoms with Crippen LogP contribution in [0.3, 0.4) is 0 Å². The van der Waals surface area contributed by atoms with Crippen LogP contribution in [-0.2, 0) is 0 Å². The highest BCUT2D eigenvalue weighted by Gasteiger charge is 2.20. The maximum absolute atomic E-state index is 5.96. The first-order chi connectivity index (χ1) is 10.3. The number of benzene rings is 2. The number of hydrogen-bond acceptors (Lipinski definition) is 3. The zero-order valence-electron chi connectivity index (χ0n) is 11.3. The van der Waals surface area contributed by atoms with Crippen molar-refractivity contribution in [3.05, 3.63) is 76.8 Å². The van der Waals surface area contributed by atoms with Gasteiger partial charge >= 0.3 is 0 Å². The van der Waals surface area contributed by atoms with Crippen molar-refractivity contribution in [2.75, 3.05) is 0 Å². The molecule has 0 spiro atoms. The third-order valence-electron chi connectivity index (χ3n) is 3.45. The van der Waals surface area contributed by atoms with E-state index in [0.717, 1.165) is 21.8 Å². The lowest BCUT2D eigenvalue weighted by Gasteiger charge is -2.30. The van der Waals surface area contributed by atoms with Gasteiger partial charge in [-0.15, -0.1) is 0 Å². The summed E-state index contributed by atoms with van der Waals surface area (Å²) in [5.74, 6) is 0. The van der Waals surface area contributed by atoms with E-state index in [1.54, 1.807) is 5.37 Å². The fourth-order valence-corrected chi connectivity index (χ4v) is 2.67. The molecule has 0 saturated heterocycles. The van der Waals surface area contributed by atoms with E-state index in [-0.39, 0.29) is 12.2 Å². The molecule has 2 nitrogen and oxygen atoms in total. The molecule has 2 atom stereocenters. The third-order valence-corrected chi connectivity index (χ3v) is 3.98. The number of halogens is 1. The second kappa shape index (κ2) is 6.39. The average Bonchev–Trinajstić information content (AvgIpc) is 2.56. The molecule has 2 N–H and O–H groups in total. The van der Waals surface area contributed by atoms with Gasteiger partial charge < -0.3 is 5.32 Å². The highest BCUT2D eigenvalue weighted by atomic mass is 35.5. The first kappa shape index (κ1) is 14.3. The van der Waals surface area contributed by atoms with Crippen molar-refractivity contribution in [3.63, 3.8) is 0 Å². The predicted molar refractivity (Wildman–Crippen MR) is 92.3 cm³/mol. The maximum atomic E-state index is 5.96. The van der Waals surface area contributed by atoms with E-state index >= 15 is 0 Å². The summed E-state index contributed by atoms with van der Waals surface area (Å²) in [5.41, 5.74) is 3.40. The fourth-order valence-electron chi connectivity index (χ4n) is 2.40. The Labute approximate surface area is 134 Å². The van der Waals surface area contributed by atoms with Crippen LogP contribution in [0.5, 0.6) is 0 Å². The Morgan fingerprint density at radius 1 is 1.00 bits per heavy atom. The lowest BCUT2D eigenvalue weighted by Crippen LogP contribution is -2.47. The molecule has 106 valence electrons. The van der Waals surface area contributed by atoms with Gasteiger partial charge in [-0.05, 0) is 29.3 Å². The van der Waals surface area contributed by atoms with Crippen LogP contribution in [0, 0.1) is 0 Å². The van der Waals surface area contributed by atoms with E-state index in [0.29, 0.717) is 0 Å². The Balaban J connectivity index is 1.96. The van der Waals surface area contributed by atoms with Gasteiger partial charge in [0.1, 0.15) is 6.17 Å². The largest absolute Gasteiger partial charge is 0.366 e. The lowest BCUT2D eigenvalue weighted by atomic mass is 10.0. The molecule has 21 heavy (non-hydrogen) atoms. The van der Waals surface area contributed by atoms with E-state index in [2.05, 4.69) is 28.8 Å². The summed E-state index contributed by atoms with van der Waals surface area (Å²) in [5, 5.41) is 9.29. The number of hydrogen-bond donors (Lipinski definition) is 2.